The Morgan fingerprint density at radius 1 is 1.30 bits per heavy atom. The van der Waals surface area contributed by atoms with Crippen LogP contribution in [0, 0.1) is 0 Å². The quantitative estimate of drug-likeness (QED) is 0.527. The number of hydrogen-bond acceptors (Lipinski definition) is 3. The van der Waals surface area contributed by atoms with E-state index in [0.29, 0.717) is 6.41 Å². The van der Waals surface area contributed by atoms with E-state index in [4.69, 9.17) is 23.2 Å². The molecule has 0 spiro atoms. The monoisotopic (exact) mass is 313 g/mol. The zero-order valence-electron chi connectivity index (χ0n) is 10.9. The molecule has 2 amide bonds. The maximum atomic E-state index is 12.1. The summed E-state index contributed by atoms with van der Waals surface area (Å²) in [6.45, 7) is 0. The van der Waals surface area contributed by atoms with Crippen LogP contribution < -0.4 is 5.32 Å². The smallest absolute Gasteiger partial charge is 0.259 e. The van der Waals surface area contributed by atoms with Crippen molar-refractivity contribution in [2.75, 3.05) is 14.1 Å². The van der Waals surface area contributed by atoms with Crippen LogP contribution in [0.4, 0.5) is 0 Å². The van der Waals surface area contributed by atoms with Crippen molar-refractivity contribution in [3.8, 4) is 0 Å². The van der Waals surface area contributed by atoms with Gasteiger partial charge in [0.15, 0.2) is 0 Å². The predicted molar refractivity (Wildman–Crippen MR) is 80.3 cm³/mol. The molecule has 1 aromatic rings. The van der Waals surface area contributed by atoms with Gasteiger partial charge in [0.1, 0.15) is 5.84 Å². The highest BCUT2D eigenvalue weighted by Gasteiger charge is 2.15. The zero-order chi connectivity index (χ0) is 15.1. The average molecular weight is 314 g/mol. The third-order valence-corrected chi connectivity index (χ3v) is 2.78. The number of halogens is 2. The van der Waals surface area contributed by atoms with Gasteiger partial charge < -0.3 is 10.2 Å². The van der Waals surface area contributed by atoms with Crippen molar-refractivity contribution < 1.29 is 9.59 Å². The van der Waals surface area contributed by atoms with Crippen molar-refractivity contribution >= 4 is 41.4 Å². The highest BCUT2D eigenvalue weighted by Crippen LogP contribution is 2.23. The number of carbonyl (C=O) groups excluding carboxylic acids is 2. The topological polar surface area (TPSA) is 61.8 Å². The number of rotatable bonds is 4. The van der Waals surface area contributed by atoms with E-state index in [0.717, 1.165) is 0 Å². The van der Waals surface area contributed by atoms with E-state index >= 15 is 0 Å². The van der Waals surface area contributed by atoms with Crippen LogP contribution in [0.2, 0.25) is 10.0 Å². The summed E-state index contributed by atoms with van der Waals surface area (Å²) in [5.74, 6) is -0.445. The molecule has 0 aliphatic rings. The van der Waals surface area contributed by atoms with E-state index in [2.05, 4.69) is 10.3 Å². The van der Waals surface area contributed by atoms with Gasteiger partial charge in [-0.25, -0.2) is 0 Å². The molecule has 1 N–H and O–H groups in total. The molecular formula is C13H13Cl2N3O2. The first kappa shape index (κ1) is 16.2. The first-order chi connectivity index (χ1) is 9.45. The van der Waals surface area contributed by atoms with Gasteiger partial charge in [-0.05, 0) is 18.2 Å². The molecule has 0 atom stereocenters. The summed E-state index contributed by atoms with van der Waals surface area (Å²) < 4.78 is 0. The van der Waals surface area contributed by atoms with Crippen LogP contribution in [-0.2, 0) is 4.79 Å². The Hall–Kier alpha value is -1.85. The lowest BCUT2D eigenvalue weighted by atomic mass is 10.2. The highest BCUT2D eigenvalue weighted by atomic mass is 35.5. The second kappa shape index (κ2) is 7.67. The molecule has 7 heteroatoms. The van der Waals surface area contributed by atoms with Gasteiger partial charge in [-0.15, -0.1) is 0 Å². The molecule has 0 saturated heterocycles. The average Bonchev–Trinajstić information content (AvgIpc) is 2.36. The zero-order valence-corrected chi connectivity index (χ0v) is 12.4. The number of benzene rings is 1. The van der Waals surface area contributed by atoms with E-state index in [-0.39, 0.29) is 21.4 Å². The van der Waals surface area contributed by atoms with E-state index in [1.165, 1.54) is 6.08 Å². The number of nitrogens with zero attached hydrogens (tertiary/aromatic N) is 2. The van der Waals surface area contributed by atoms with Gasteiger partial charge in [-0.1, -0.05) is 29.3 Å². The molecule has 0 saturated carbocycles. The van der Waals surface area contributed by atoms with Crippen molar-refractivity contribution in [1.29, 1.82) is 0 Å². The van der Waals surface area contributed by atoms with Gasteiger partial charge in [0.05, 0.1) is 15.6 Å². The second-order valence-corrected chi connectivity index (χ2v) is 4.76. The maximum absolute atomic E-state index is 12.1. The molecule has 1 rings (SSSR count). The minimum atomic E-state index is -0.537. The van der Waals surface area contributed by atoms with Crippen LogP contribution in [0.1, 0.15) is 10.4 Å². The first-order valence-corrected chi connectivity index (χ1v) is 6.32. The Balaban J connectivity index is 2.98. The van der Waals surface area contributed by atoms with Crippen molar-refractivity contribution in [3.63, 3.8) is 0 Å². The minimum Gasteiger partial charge on any atom is -0.383 e. The van der Waals surface area contributed by atoms with E-state index in [1.807, 2.05) is 0 Å². The third kappa shape index (κ3) is 4.68. The maximum Gasteiger partial charge on any atom is 0.259 e. The molecule has 0 aliphatic carbocycles. The normalized spacial score (nSPS) is 11.5. The Morgan fingerprint density at radius 2 is 1.90 bits per heavy atom. The molecule has 5 nitrogen and oxygen atoms in total. The summed E-state index contributed by atoms with van der Waals surface area (Å²) >= 11 is 11.9. The van der Waals surface area contributed by atoms with Crippen LogP contribution in [0.25, 0.3) is 0 Å². The number of carbonyl (C=O) groups is 2. The summed E-state index contributed by atoms with van der Waals surface area (Å²) in [4.78, 5) is 27.8. The van der Waals surface area contributed by atoms with E-state index in [9.17, 15) is 9.59 Å². The number of aliphatic imine (C=N–C) groups is 1. The van der Waals surface area contributed by atoms with Crippen LogP contribution in [0.3, 0.4) is 0 Å². The van der Waals surface area contributed by atoms with Crippen LogP contribution in [-0.4, -0.2) is 37.1 Å². The molecule has 0 fully saturated rings. The fourth-order valence-corrected chi connectivity index (χ4v) is 1.86. The summed E-state index contributed by atoms with van der Waals surface area (Å²) in [6.07, 6.45) is 3.46. The molecule has 0 aromatic heterocycles. The largest absolute Gasteiger partial charge is 0.383 e. The lowest BCUT2D eigenvalue weighted by Crippen LogP contribution is -2.30. The molecule has 0 aliphatic heterocycles. The van der Waals surface area contributed by atoms with Gasteiger partial charge >= 0.3 is 0 Å². The van der Waals surface area contributed by atoms with Crippen LogP contribution in [0.5, 0.6) is 0 Å². The number of hydrogen-bond donors (Lipinski definition) is 1. The van der Waals surface area contributed by atoms with Crippen LogP contribution >= 0.6 is 23.2 Å². The number of nitrogens with one attached hydrogen (secondary N) is 1. The van der Waals surface area contributed by atoms with Crippen molar-refractivity contribution in [1.82, 2.24) is 10.2 Å². The number of amidine groups is 1. The fraction of sp³-hybridized carbons (Fsp3) is 0.154. The Labute approximate surface area is 126 Å². The molecule has 0 radical (unpaired) electrons. The van der Waals surface area contributed by atoms with Gasteiger partial charge in [0.25, 0.3) is 5.91 Å². The lowest BCUT2D eigenvalue weighted by Gasteiger charge is -2.09. The molecule has 1 aromatic carbocycles. The van der Waals surface area contributed by atoms with Crippen LogP contribution in [0.15, 0.2) is 35.5 Å². The minimum absolute atomic E-state index is 0.0923. The third-order valence-electron chi connectivity index (χ3n) is 2.15. The van der Waals surface area contributed by atoms with E-state index in [1.54, 1.807) is 43.4 Å². The van der Waals surface area contributed by atoms with Gasteiger partial charge in [0, 0.05) is 20.3 Å². The number of amides is 2. The second-order valence-electron chi connectivity index (χ2n) is 3.95. The first-order valence-electron chi connectivity index (χ1n) is 5.57. The van der Waals surface area contributed by atoms with Gasteiger partial charge in [-0.3, -0.25) is 9.59 Å². The van der Waals surface area contributed by atoms with Crippen molar-refractivity contribution in [2.24, 2.45) is 4.99 Å². The Kier molecular flexibility index (Phi) is 6.21. The molecule has 20 heavy (non-hydrogen) atoms. The Morgan fingerprint density at radius 3 is 2.40 bits per heavy atom. The molecule has 0 bridgehead atoms. The Bertz CT molecular complexity index is 548. The molecule has 0 unspecified atom stereocenters. The van der Waals surface area contributed by atoms with Gasteiger partial charge in [0.2, 0.25) is 6.41 Å². The fourth-order valence-electron chi connectivity index (χ4n) is 1.29. The standard InChI is InChI=1S/C13H13Cl2N3O2/c1-18(2)7-6-11(16-8-19)17-13(20)12-9(14)4-3-5-10(12)15/h3-8H,1-2H3,(H,16,17,19,20)/b7-6-. The van der Waals surface area contributed by atoms with Crippen molar-refractivity contribution in [2.45, 2.75) is 0 Å². The van der Waals surface area contributed by atoms with Crippen molar-refractivity contribution in [3.05, 3.63) is 46.1 Å². The molecule has 106 valence electrons. The molecular weight excluding hydrogens is 301 g/mol. The van der Waals surface area contributed by atoms with E-state index < -0.39 is 5.91 Å². The summed E-state index contributed by atoms with van der Waals surface area (Å²) in [5.41, 5.74) is 0.132. The summed E-state index contributed by atoms with van der Waals surface area (Å²) in [7, 11) is 3.59. The highest BCUT2D eigenvalue weighted by molar-refractivity contribution is 6.40. The predicted octanol–water partition coefficient (Wildman–Crippen LogP) is 2.35. The van der Waals surface area contributed by atoms with Gasteiger partial charge in [-0.2, -0.15) is 4.99 Å². The summed E-state index contributed by atoms with van der Waals surface area (Å²) in [5, 5.41) is 2.91. The molecule has 0 heterocycles. The SMILES string of the molecule is CN(C)/C=C\C(=NC=O)NC(=O)c1c(Cl)cccc1Cl. The summed E-state index contributed by atoms with van der Waals surface area (Å²) in [6, 6.07) is 4.73. The lowest BCUT2D eigenvalue weighted by molar-refractivity contribution is -0.106.